The monoisotopic (exact) mass is 257 g/mol. The van der Waals surface area contributed by atoms with Crippen molar-refractivity contribution in [3.63, 3.8) is 0 Å². The Morgan fingerprint density at radius 2 is 1.95 bits per heavy atom. The fourth-order valence-corrected chi connectivity index (χ4v) is 2.99. The van der Waals surface area contributed by atoms with E-state index >= 15 is 0 Å². The molecule has 0 spiro atoms. The predicted molar refractivity (Wildman–Crippen MR) is 79.2 cm³/mol. The highest BCUT2D eigenvalue weighted by molar-refractivity contribution is 5.80. The van der Waals surface area contributed by atoms with Crippen LogP contribution in [0.4, 0.5) is 0 Å². The molecule has 1 fully saturated rings. The van der Waals surface area contributed by atoms with E-state index < -0.39 is 0 Å². The lowest BCUT2D eigenvalue weighted by Gasteiger charge is -2.29. The summed E-state index contributed by atoms with van der Waals surface area (Å²) in [5.74, 6) is 2.09. The van der Waals surface area contributed by atoms with E-state index in [0.29, 0.717) is 17.9 Å². The molecule has 0 saturated heterocycles. The van der Waals surface area contributed by atoms with E-state index in [-0.39, 0.29) is 0 Å². The van der Waals surface area contributed by atoms with Crippen LogP contribution in [0.15, 0.2) is 29.3 Å². The van der Waals surface area contributed by atoms with Crippen LogP contribution in [0.3, 0.4) is 0 Å². The molecule has 3 heteroatoms. The maximum Gasteiger partial charge on any atom is 0.191 e. The summed E-state index contributed by atoms with van der Waals surface area (Å²) < 4.78 is 0. The first kappa shape index (κ1) is 12.5. The first-order valence-corrected chi connectivity index (χ1v) is 7.32. The van der Waals surface area contributed by atoms with Gasteiger partial charge >= 0.3 is 0 Å². The molecule has 0 aromatic heterocycles. The fraction of sp³-hybridized carbons (Fsp3) is 0.562. The maximum atomic E-state index is 6.07. The third kappa shape index (κ3) is 2.46. The third-order valence-electron chi connectivity index (χ3n) is 4.03. The molecule has 19 heavy (non-hydrogen) atoms. The van der Waals surface area contributed by atoms with Crippen molar-refractivity contribution in [3.05, 3.63) is 35.4 Å². The molecule has 102 valence electrons. The largest absolute Gasteiger partial charge is 0.370 e. The fourth-order valence-electron chi connectivity index (χ4n) is 2.99. The van der Waals surface area contributed by atoms with Gasteiger partial charge in [-0.05, 0) is 35.8 Å². The van der Waals surface area contributed by atoms with Crippen molar-refractivity contribution in [1.82, 2.24) is 4.90 Å². The maximum absolute atomic E-state index is 6.07. The van der Waals surface area contributed by atoms with Crippen LogP contribution in [-0.4, -0.2) is 23.9 Å². The van der Waals surface area contributed by atoms with E-state index in [0.717, 1.165) is 19.0 Å². The standard InChI is InChI=1S/C16H23N3/c1-11(2)10-19-15(9-18-16(19)17)14-6-4-3-5-13(14)12-7-8-12/h3-6,11-12,15H,7-10H2,1-2H3,(H2,17,18). The van der Waals surface area contributed by atoms with Crippen molar-refractivity contribution in [2.45, 2.75) is 38.6 Å². The van der Waals surface area contributed by atoms with E-state index in [9.17, 15) is 0 Å². The van der Waals surface area contributed by atoms with Crippen LogP contribution in [0, 0.1) is 5.92 Å². The van der Waals surface area contributed by atoms with Crippen molar-refractivity contribution in [2.24, 2.45) is 16.6 Å². The molecule has 1 aliphatic carbocycles. The van der Waals surface area contributed by atoms with Crippen molar-refractivity contribution in [1.29, 1.82) is 0 Å². The smallest absolute Gasteiger partial charge is 0.191 e. The van der Waals surface area contributed by atoms with Crippen LogP contribution in [0.5, 0.6) is 0 Å². The summed E-state index contributed by atoms with van der Waals surface area (Å²) in [4.78, 5) is 6.75. The van der Waals surface area contributed by atoms with Gasteiger partial charge < -0.3 is 10.6 Å². The predicted octanol–water partition coefficient (Wildman–Crippen LogP) is 2.89. The van der Waals surface area contributed by atoms with E-state index in [2.05, 4.69) is 48.0 Å². The average molecular weight is 257 g/mol. The quantitative estimate of drug-likeness (QED) is 0.901. The van der Waals surface area contributed by atoms with Crippen LogP contribution in [-0.2, 0) is 0 Å². The topological polar surface area (TPSA) is 41.6 Å². The minimum atomic E-state index is 0.346. The van der Waals surface area contributed by atoms with Gasteiger partial charge in [-0.1, -0.05) is 38.1 Å². The highest BCUT2D eigenvalue weighted by atomic mass is 15.3. The molecule has 1 atom stereocenters. The van der Waals surface area contributed by atoms with Gasteiger partial charge in [0.05, 0.1) is 12.6 Å². The number of guanidine groups is 1. The van der Waals surface area contributed by atoms with Crippen molar-refractivity contribution in [2.75, 3.05) is 13.1 Å². The van der Waals surface area contributed by atoms with Gasteiger partial charge in [0.25, 0.3) is 0 Å². The Labute approximate surface area is 115 Å². The second-order valence-corrected chi connectivity index (χ2v) is 6.16. The molecular formula is C16H23N3. The Kier molecular flexibility index (Phi) is 3.21. The second kappa shape index (κ2) is 4.87. The second-order valence-electron chi connectivity index (χ2n) is 6.16. The van der Waals surface area contributed by atoms with Gasteiger partial charge in [-0.2, -0.15) is 0 Å². The number of hydrogen-bond donors (Lipinski definition) is 1. The van der Waals surface area contributed by atoms with Gasteiger partial charge in [-0.3, -0.25) is 4.99 Å². The zero-order valence-electron chi connectivity index (χ0n) is 11.8. The summed E-state index contributed by atoms with van der Waals surface area (Å²) in [5, 5.41) is 0. The first-order valence-electron chi connectivity index (χ1n) is 7.32. The SMILES string of the molecule is CC(C)CN1C(N)=NCC1c1ccccc1C1CC1. The lowest BCUT2D eigenvalue weighted by Crippen LogP contribution is -2.38. The average Bonchev–Trinajstić information content (AvgIpc) is 3.17. The Morgan fingerprint density at radius 1 is 1.26 bits per heavy atom. The lowest BCUT2D eigenvalue weighted by molar-refractivity contribution is 0.308. The third-order valence-corrected chi connectivity index (χ3v) is 4.03. The normalized spacial score (nSPS) is 23.0. The number of nitrogens with two attached hydrogens (primary N) is 1. The van der Waals surface area contributed by atoms with Gasteiger partial charge in [-0.25, -0.2) is 0 Å². The van der Waals surface area contributed by atoms with Gasteiger partial charge in [0.2, 0.25) is 0 Å². The number of nitrogens with zero attached hydrogens (tertiary/aromatic N) is 2. The van der Waals surface area contributed by atoms with E-state index in [1.807, 2.05) is 0 Å². The van der Waals surface area contributed by atoms with Crippen LogP contribution >= 0.6 is 0 Å². The molecule has 0 bridgehead atoms. The highest BCUT2D eigenvalue weighted by Gasteiger charge is 2.33. The van der Waals surface area contributed by atoms with E-state index in [1.165, 1.54) is 24.0 Å². The molecule has 1 heterocycles. The Morgan fingerprint density at radius 3 is 2.58 bits per heavy atom. The molecule has 3 rings (SSSR count). The number of aliphatic imine (C=N–C) groups is 1. The van der Waals surface area contributed by atoms with Gasteiger partial charge in [0.15, 0.2) is 5.96 Å². The summed E-state index contributed by atoms with van der Waals surface area (Å²) in [7, 11) is 0. The van der Waals surface area contributed by atoms with E-state index in [4.69, 9.17) is 5.73 Å². The van der Waals surface area contributed by atoms with Crippen molar-refractivity contribution >= 4 is 5.96 Å². The summed E-state index contributed by atoms with van der Waals surface area (Å²) in [6, 6.07) is 9.19. The lowest BCUT2D eigenvalue weighted by atomic mass is 9.96. The summed E-state index contributed by atoms with van der Waals surface area (Å²) in [5.41, 5.74) is 9.03. The molecule has 2 aliphatic rings. The number of benzene rings is 1. The molecule has 2 N–H and O–H groups in total. The summed E-state index contributed by atoms with van der Waals surface area (Å²) in [6.07, 6.45) is 2.68. The summed E-state index contributed by atoms with van der Waals surface area (Å²) in [6.45, 7) is 6.26. The molecule has 1 aliphatic heterocycles. The molecule has 0 amide bonds. The van der Waals surface area contributed by atoms with E-state index in [1.54, 1.807) is 0 Å². The minimum absolute atomic E-state index is 0.346. The van der Waals surface area contributed by atoms with Gasteiger partial charge in [-0.15, -0.1) is 0 Å². The summed E-state index contributed by atoms with van der Waals surface area (Å²) >= 11 is 0. The Bertz CT molecular complexity index is 489. The molecule has 1 aromatic rings. The molecule has 3 nitrogen and oxygen atoms in total. The molecule has 1 aromatic carbocycles. The van der Waals surface area contributed by atoms with Crippen molar-refractivity contribution < 1.29 is 0 Å². The molecule has 1 saturated carbocycles. The first-order chi connectivity index (χ1) is 9.16. The van der Waals surface area contributed by atoms with Crippen LogP contribution in [0.1, 0.15) is 49.8 Å². The zero-order valence-corrected chi connectivity index (χ0v) is 11.8. The van der Waals surface area contributed by atoms with Crippen LogP contribution < -0.4 is 5.73 Å². The van der Waals surface area contributed by atoms with Gasteiger partial charge in [0, 0.05) is 6.54 Å². The molecule has 1 unspecified atom stereocenters. The van der Waals surface area contributed by atoms with Crippen LogP contribution in [0.2, 0.25) is 0 Å². The molecule has 0 radical (unpaired) electrons. The minimum Gasteiger partial charge on any atom is -0.370 e. The highest BCUT2D eigenvalue weighted by Crippen LogP contribution is 2.44. The van der Waals surface area contributed by atoms with Crippen molar-refractivity contribution in [3.8, 4) is 0 Å². The number of rotatable bonds is 4. The number of hydrogen-bond acceptors (Lipinski definition) is 3. The molecular weight excluding hydrogens is 234 g/mol. The Hall–Kier alpha value is -1.51. The van der Waals surface area contributed by atoms with Gasteiger partial charge in [0.1, 0.15) is 0 Å². The Balaban J connectivity index is 1.89. The van der Waals surface area contributed by atoms with Crippen LogP contribution in [0.25, 0.3) is 0 Å². The zero-order chi connectivity index (χ0) is 13.4.